The van der Waals surface area contributed by atoms with Crippen LogP contribution in [-0.2, 0) is 13.1 Å². The van der Waals surface area contributed by atoms with Crippen LogP contribution in [0.4, 0.5) is 0 Å². The molecule has 0 bridgehead atoms. The van der Waals surface area contributed by atoms with Gasteiger partial charge in [-0.05, 0) is 18.6 Å². The Bertz CT molecular complexity index is 715. The Hall–Kier alpha value is -2.34. The van der Waals surface area contributed by atoms with Crippen LogP contribution in [0, 0.1) is 0 Å². The molecule has 3 rings (SSSR count). The Morgan fingerprint density at radius 3 is 3.05 bits per heavy atom. The fourth-order valence-corrected chi connectivity index (χ4v) is 2.15. The molecule has 3 aromatic rings. The van der Waals surface area contributed by atoms with Gasteiger partial charge in [0.2, 0.25) is 5.88 Å². The van der Waals surface area contributed by atoms with Gasteiger partial charge in [0, 0.05) is 19.3 Å². The van der Waals surface area contributed by atoms with Crippen LogP contribution >= 0.6 is 0 Å². The average Bonchev–Trinajstić information content (AvgIpc) is 3.03. The molecule has 6 nitrogen and oxygen atoms in total. The number of nitrogens with zero attached hydrogens (tertiary/aromatic N) is 4. The van der Waals surface area contributed by atoms with Gasteiger partial charge in [0.05, 0.1) is 12.4 Å². The molecule has 0 aliphatic heterocycles. The molecule has 3 heterocycles. The van der Waals surface area contributed by atoms with Crippen molar-refractivity contribution in [3.63, 3.8) is 0 Å². The minimum atomic E-state index is 0.365. The third kappa shape index (κ3) is 2.25. The highest BCUT2D eigenvalue weighted by Gasteiger charge is 2.13. The van der Waals surface area contributed by atoms with Crippen LogP contribution in [0.1, 0.15) is 19.0 Å². The lowest BCUT2D eigenvalue weighted by atomic mass is 10.4. The van der Waals surface area contributed by atoms with Crippen molar-refractivity contribution in [2.75, 3.05) is 0 Å². The van der Waals surface area contributed by atoms with Crippen LogP contribution in [0.15, 0.2) is 36.8 Å². The van der Waals surface area contributed by atoms with Crippen LogP contribution < -0.4 is 10.5 Å². The Labute approximate surface area is 116 Å². The monoisotopic (exact) mass is 271 g/mol. The zero-order chi connectivity index (χ0) is 13.9. The van der Waals surface area contributed by atoms with E-state index in [1.807, 2.05) is 39.7 Å². The molecule has 0 unspecified atom stereocenters. The normalized spacial score (nSPS) is 11.1. The van der Waals surface area contributed by atoms with Gasteiger partial charge in [0.15, 0.2) is 5.75 Å². The second-order valence-corrected chi connectivity index (χ2v) is 4.54. The van der Waals surface area contributed by atoms with Gasteiger partial charge in [-0.25, -0.2) is 0 Å². The first kappa shape index (κ1) is 12.7. The average molecular weight is 271 g/mol. The van der Waals surface area contributed by atoms with E-state index in [0.717, 1.165) is 24.3 Å². The Morgan fingerprint density at radius 2 is 2.25 bits per heavy atom. The Balaban J connectivity index is 1.93. The number of imidazole rings is 1. The van der Waals surface area contributed by atoms with E-state index in [2.05, 4.69) is 17.0 Å². The van der Waals surface area contributed by atoms with Crippen molar-refractivity contribution in [1.82, 2.24) is 19.2 Å². The fraction of sp³-hybridized carbons (Fsp3) is 0.286. The fourth-order valence-electron chi connectivity index (χ4n) is 2.15. The predicted octanol–water partition coefficient (Wildman–Crippen LogP) is 2.19. The molecule has 0 spiro atoms. The summed E-state index contributed by atoms with van der Waals surface area (Å²) in [6.07, 6.45) is 6.52. The minimum Gasteiger partial charge on any atom is -0.434 e. The number of fused-ring (bicyclic) bond motifs is 1. The number of hydrogen-bond donors (Lipinski definition) is 1. The lowest BCUT2D eigenvalue weighted by Crippen LogP contribution is -2.02. The third-order valence-corrected chi connectivity index (χ3v) is 3.06. The van der Waals surface area contributed by atoms with E-state index in [1.165, 1.54) is 0 Å². The largest absolute Gasteiger partial charge is 0.434 e. The maximum absolute atomic E-state index is 5.82. The number of aryl methyl sites for hydroxylation is 1. The molecule has 0 aliphatic rings. The first-order valence-corrected chi connectivity index (χ1v) is 6.68. The van der Waals surface area contributed by atoms with Crippen LogP contribution in [0.3, 0.4) is 0 Å². The number of ether oxygens (including phenoxy) is 1. The van der Waals surface area contributed by atoms with E-state index in [-0.39, 0.29) is 0 Å². The van der Waals surface area contributed by atoms with E-state index in [9.17, 15) is 0 Å². The highest BCUT2D eigenvalue weighted by molar-refractivity contribution is 5.46. The van der Waals surface area contributed by atoms with Gasteiger partial charge in [-0.3, -0.25) is 9.08 Å². The molecular weight excluding hydrogens is 254 g/mol. The summed E-state index contributed by atoms with van der Waals surface area (Å²) in [6, 6.07) is 5.80. The van der Waals surface area contributed by atoms with Gasteiger partial charge in [0.1, 0.15) is 11.3 Å². The van der Waals surface area contributed by atoms with Crippen LogP contribution in [0.5, 0.6) is 11.6 Å². The van der Waals surface area contributed by atoms with Crippen molar-refractivity contribution >= 4 is 5.65 Å². The van der Waals surface area contributed by atoms with E-state index in [1.54, 1.807) is 6.20 Å². The maximum atomic E-state index is 5.82. The molecular formula is C14H17N5O. The molecule has 20 heavy (non-hydrogen) atoms. The first-order chi connectivity index (χ1) is 9.81. The smallest absolute Gasteiger partial charge is 0.242 e. The Morgan fingerprint density at radius 1 is 1.35 bits per heavy atom. The van der Waals surface area contributed by atoms with E-state index >= 15 is 0 Å². The Kier molecular flexibility index (Phi) is 3.39. The lowest BCUT2D eigenvalue weighted by Gasteiger charge is -2.02. The van der Waals surface area contributed by atoms with Crippen molar-refractivity contribution in [1.29, 1.82) is 0 Å². The molecule has 0 fully saturated rings. The van der Waals surface area contributed by atoms with Gasteiger partial charge in [0.25, 0.3) is 0 Å². The van der Waals surface area contributed by atoms with Crippen molar-refractivity contribution in [2.24, 2.45) is 5.73 Å². The zero-order valence-electron chi connectivity index (χ0n) is 11.4. The van der Waals surface area contributed by atoms with Crippen LogP contribution in [-0.4, -0.2) is 19.2 Å². The van der Waals surface area contributed by atoms with Crippen molar-refractivity contribution < 1.29 is 4.74 Å². The summed E-state index contributed by atoms with van der Waals surface area (Å²) in [4.78, 5) is 4.46. The molecule has 0 amide bonds. The summed E-state index contributed by atoms with van der Waals surface area (Å²) in [6.45, 7) is 3.35. The third-order valence-electron chi connectivity index (χ3n) is 3.06. The van der Waals surface area contributed by atoms with Gasteiger partial charge in [-0.2, -0.15) is 10.1 Å². The number of rotatable bonds is 5. The molecule has 0 saturated carbocycles. The van der Waals surface area contributed by atoms with Gasteiger partial charge >= 0.3 is 0 Å². The van der Waals surface area contributed by atoms with Crippen LogP contribution in [0.2, 0.25) is 0 Å². The minimum absolute atomic E-state index is 0.365. The molecule has 104 valence electrons. The number of hydrogen-bond acceptors (Lipinski definition) is 4. The standard InChI is InChI=1S/C14H17N5O/c1-2-6-18-10-11(9-16-18)20-14-12(8-15)19-7-4-3-5-13(19)17-14/h3-5,7,9-10H,2,6,8,15H2,1H3. The number of pyridine rings is 1. The summed E-state index contributed by atoms with van der Waals surface area (Å²) in [5.74, 6) is 1.21. The van der Waals surface area contributed by atoms with Crippen molar-refractivity contribution in [2.45, 2.75) is 26.4 Å². The molecule has 0 aromatic carbocycles. The number of nitrogens with two attached hydrogens (primary N) is 1. The highest BCUT2D eigenvalue weighted by atomic mass is 16.5. The van der Waals surface area contributed by atoms with Crippen molar-refractivity contribution in [3.05, 3.63) is 42.5 Å². The summed E-state index contributed by atoms with van der Waals surface area (Å²) in [5.41, 5.74) is 7.48. The molecule has 3 aromatic heterocycles. The molecule has 6 heteroatoms. The maximum Gasteiger partial charge on any atom is 0.242 e. The van der Waals surface area contributed by atoms with Crippen molar-refractivity contribution in [3.8, 4) is 11.6 Å². The van der Waals surface area contributed by atoms with Gasteiger partial charge in [-0.1, -0.05) is 13.0 Å². The molecule has 0 aliphatic carbocycles. The quantitative estimate of drug-likeness (QED) is 0.772. The second kappa shape index (κ2) is 5.34. The van der Waals surface area contributed by atoms with Crippen LogP contribution in [0.25, 0.3) is 5.65 Å². The zero-order valence-corrected chi connectivity index (χ0v) is 11.4. The number of aromatic nitrogens is 4. The second-order valence-electron chi connectivity index (χ2n) is 4.54. The first-order valence-electron chi connectivity index (χ1n) is 6.68. The van der Waals surface area contributed by atoms with E-state index < -0.39 is 0 Å². The van der Waals surface area contributed by atoms with Gasteiger partial charge < -0.3 is 10.5 Å². The predicted molar refractivity (Wildman–Crippen MR) is 75.7 cm³/mol. The molecule has 0 atom stereocenters. The summed E-state index contributed by atoms with van der Waals surface area (Å²) < 4.78 is 9.61. The molecule has 2 N–H and O–H groups in total. The van der Waals surface area contributed by atoms with E-state index in [4.69, 9.17) is 10.5 Å². The summed E-state index contributed by atoms with van der Waals surface area (Å²) >= 11 is 0. The lowest BCUT2D eigenvalue weighted by molar-refractivity contribution is 0.458. The SMILES string of the molecule is CCCn1cc(Oc2nc3ccccn3c2CN)cn1. The molecule has 0 radical (unpaired) electrons. The topological polar surface area (TPSA) is 70.4 Å². The summed E-state index contributed by atoms with van der Waals surface area (Å²) in [5, 5.41) is 4.24. The van der Waals surface area contributed by atoms with Gasteiger partial charge in [-0.15, -0.1) is 0 Å². The van der Waals surface area contributed by atoms with E-state index in [0.29, 0.717) is 18.2 Å². The highest BCUT2D eigenvalue weighted by Crippen LogP contribution is 2.25. The molecule has 0 saturated heterocycles. The summed E-state index contributed by atoms with van der Waals surface area (Å²) in [7, 11) is 0.